The van der Waals surface area contributed by atoms with Gasteiger partial charge in [-0.2, -0.15) is 17.4 Å². The van der Waals surface area contributed by atoms with Crippen LogP contribution in [0.4, 0.5) is 0 Å². The third kappa shape index (κ3) is 4.55. The van der Waals surface area contributed by atoms with Gasteiger partial charge in [-0.05, 0) is 40.5 Å². The number of carbonyl (C=O) groups excluding carboxylic acids is 1. The van der Waals surface area contributed by atoms with E-state index < -0.39 is 27.8 Å². The van der Waals surface area contributed by atoms with Crippen molar-refractivity contribution in [3.63, 3.8) is 0 Å². The molecule has 106 valence electrons. The number of nitrogens with zero attached hydrogens (tertiary/aromatic N) is 1. The van der Waals surface area contributed by atoms with E-state index in [-0.39, 0.29) is 0 Å². The zero-order chi connectivity index (χ0) is 14.0. The van der Waals surface area contributed by atoms with Crippen LogP contribution < -0.4 is 4.72 Å². The number of hydrogen-bond donors (Lipinski definition) is 1. The van der Waals surface area contributed by atoms with Crippen molar-refractivity contribution in [3.05, 3.63) is 0 Å². The highest BCUT2D eigenvalue weighted by molar-refractivity contribution is 7.87. The van der Waals surface area contributed by atoms with Crippen LogP contribution in [0.1, 0.15) is 40.5 Å². The zero-order valence-corrected chi connectivity index (χ0v) is 12.2. The summed E-state index contributed by atoms with van der Waals surface area (Å²) in [4.78, 5) is 11.7. The number of esters is 1. The number of ether oxygens (including phenoxy) is 1. The van der Waals surface area contributed by atoms with Crippen molar-refractivity contribution in [1.82, 2.24) is 9.03 Å². The fraction of sp³-hybridized carbons (Fsp3) is 0.909. The highest BCUT2D eigenvalue weighted by Crippen LogP contribution is 2.13. The van der Waals surface area contributed by atoms with Gasteiger partial charge in [0.05, 0.1) is 0 Å². The standard InChI is InChI=1S/C11H22N2O4S/c1-9(10(14)17-11(2,3)4)12-18(15,16)13-7-5-6-8-13/h9,12H,5-8H2,1-4H3/t9-/m1/s1. The van der Waals surface area contributed by atoms with Crippen molar-refractivity contribution in [1.29, 1.82) is 0 Å². The summed E-state index contributed by atoms with van der Waals surface area (Å²) in [6.45, 7) is 7.74. The summed E-state index contributed by atoms with van der Waals surface area (Å²) in [7, 11) is -3.58. The van der Waals surface area contributed by atoms with E-state index in [1.807, 2.05) is 0 Å². The first-order valence-corrected chi connectivity index (χ1v) is 7.56. The van der Waals surface area contributed by atoms with E-state index in [1.165, 1.54) is 11.2 Å². The van der Waals surface area contributed by atoms with Crippen LogP contribution in [0.5, 0.6) is 0 Å². The van der Waals surface area contributed by atoms with Gasteiger partial charge in [0.15, 0.2) is 0 Å². The lowest BCUT2D eigenvalue weighted by molar-refractivity contribution is -0.156. The third-order valence-corrected chi connectivity index (χ3v) is 4.19. The lowest BCUT2D eigenvalue weighted by Gasteiger charge is -2.24. The topological polar surface area (TPSA) is 75.7 Å². The van der Waals surface area contributed by atoms with Crippen molar-refractivity contribution >= 4 is 16.2 Å². The number of rotatable bonds is 4. The maximum atomic E-state index is 11.9. The van der Waals surface area contributed by atoms with Crippen LogP contribution in [0, 0.1) is 0 Å². The summed E-state index contributed by atoms with van der Waals surface area (Å²) in [6.07, 6.45) is 1.73. The molecule has 1 N–H and O–H groups in total. The van der Waals surface area contributed by atoms with Gasteiger partial charge in [-0.15, -0.1) is 0 Å². The Labute approximate surface area is 109 Å². The molecule has 1 aliphatic heterocycles. The van der Waals surface area contributed by atoms with E-state index in [9.17, 15) is 13.2 Å². The van der Waals surface area contributed by atoms with Gasteiger partial charge in [0.1, 0.15) is 11.6 Å². The minimum Gasteiger partial charge on any atom is -0.459 e. The van der Waals surface area contributed by atoms with Crippen molar-refractivity contribution in [3.8, 4) is 0 Å². The molecule has 0 aliphatic carbocycles. The third-order valence-electron chi connectivity index (χ3n) is 2.49. The zero-order valence-electron chi connectivity index (χ0n) is 11.4. The first kappa shape index (κ1) is 15.4. The fourth-order valence-corrected chi connectivity index (χ4v) is 3.10. The van der Waals surface area contributed by atoms with Crippen LogP contribution >= 0.6 is 0 Å². The van der Waals surface area contributed by atoms with Crippen LogP contribution in [-0.2, 0) is 19.7 Å². The smallest absolute Gasteiger partial charge is 0.324 e. The van der Waals surface area contributed by atoms with Gasteiger partial charge in [-0.3, -0.25) is 4.79 Å². The summed E-state index contributed by atoms with van der Waals surface area (Å²) in [5.41, 5.74) is -0.621. The molecule has 0 spiro atoms. The van der Waals surface area contributed by atoms with Gasteiger partial charge < -0.3 is 4.74 Å². The largest absolute Gasteiger partial charge is 0.459 e. The highest BCUT2D eigenvalue weighted by atomic mass is 32.2. The molecule has 0 aromatic carbocycles. The second-order valence-electron chi connectivity index (χ2n) is 5.48. The fourth-order valence-electron chi connectivity index (χ4n) is 1.66. The molecule has 0 bridgehead atoms. The minimum atomic E-state index is -3.58. The van der Waals surface area contributed by atoms with Crippen molar-refractivity contribution in [2.75, 3.05) is 13.1 Å². The Morgan fingerprint density at radius 3 is 2.22 bits per heavy atom. The lowest BCUT2D eigenvalue weighted by Crippen LogP contribution is -2.47. The number of carbonyl (C=O) groups is 1. The molecule has 1 atom stereocenters. The van der Waals surface area contributed by atoms with Gasteiger partial charge >= 0.3 is 5.97 Å². The summed E-state index contributed by atoms with van der Waals surface area (Å²) in [5, 5.41) is 0. The molecule has 0 aromatic rings. The second kappa shape index (κ2) is 5.54. The number of hydrogen-bond acceptors (Lipinski definition) is 4. The summed E-state index contributed by atoms with van der Waals surface area (Å²) < 4.78 is 32.7. The van der Waals surface area contributed by atoms with Gasteiger partial charge in [-0.25, -0.2) is 0 Å². The Kier molecular flexibility index (Phi) is 4.74. The average Bonchev–Trinajstić information content (AvgIpc) is 2.66. The van der Waals surface area contributed by atoms with E-state index in [4.69, 9.17) is 4.74 Å². The maximum Gasteiger partial charge on any atom is 0.324 e. The molecule has 0 radical (unpaired) electrons. The predicted molar refractivity (Wildman–Crippen MR) is 68.2 cm³/mol. The number of nitrogens with one attached hydrogen (secondary N) is 1. The molecular formula is C11H22N2O4S. The van der Waals surface area contributed by atoms with Crippen LogP contribution in [-0.4, -0.2) is 43.4 Å². The van der Waals surface area contributed by atoms with Gasteiger partial charge in [0, 0.05) is 13.1 Å². The molecule has 1 aliphatic rings. The molecule has 1 fully saturated rings. The van der Waals surface area contributed by atoms with E-state index in [0.29, 0.717) is 13.1 Å². The van der Waals surface area contributed by atoms with Gasteiger partial charge in [0.25, 0.3) is 10.2 Å². The van der Waals surface area contributed by atoms with Gasteiger partial charge in [0.2, 0.25) is 0 Å². The Bertz CT molecular complexity index is 394. The van der Waals surface area contributed by atoms with Gasteiger partial charge in [-0.1, -0.05) is 0 Å². The Morgan fingerprint density at radius 2 is 1.78 bits per heavy atom. The molecule has 18 heavy (non-hydrogen) atoms. The van der Waals surface area contributed by atoms with Crippen molar-refractivity contribution in [2.45, 2.75) is 52.2 Å². The van der Waals surface area contributed by atoms with Crippen LogP contribution in [0.3, 0.4) is 0 Å². The van der Waals surface area contributed by atoms with Crippen molar-refractivity contribution < 1.29 is 17.9 Å². The predicted octanol–water partition coefficient (Wildman–Crippen LogP) is 0.647. The Balaban J connectivity index is 2.58. The summed E-state index contributed by atoms with van der Waals surface area (Å²) >= 11 is 0. The quantitative estimate of drug-likeness (QED) is 0.766. The molecule has 1 rings (SSSR count). The molecule has 1 heterocycles. The Morgan fingerprint density at radius 1 is 1.28 bits per heavy atom. The Hall–Kier alpha value is -0.660. The van der Waals surface area contributed by atoms with E-state index in [1.54, 1.807) is 20.8 Å². The monoisotopic (exact) mass is 278 g/mol. The first-order chi connectivity index (χ1) is 8.12. The van der Waals surface area contributed by atoms with E-state index >= 15 is 0 Å². The van der Waals surface area contributed by atoms with Crippen molar-refractivity contribution in [2.24, 2.45) is 0 Å². The summed E-state index contributed by atoms with van der Waals surface area (Å²) in [5.74, 6) is -0.565. The van der Waals surface area contributed by atoms with E-state index in [0.717, 1.165) is 12.8 Å². The lowest BCUT2D eigenvalue weighted by atomic mass is 10.2. The summed E-state index contributed by atoms with van der Waals surface area (Å²) in [6, 6.07) is -0.880. The molecule has 0 amide bonds. The van der Waals surface area contributed by atoms with Crippen LogP contribution in [0.15, 0.2) is 0 Å². The first-order valence-electron chi connectivity index (χ1n) is 6.12. The highest BCUT2D eigenvalue weighted by Gasteiger charge is 2.30. The normalized spacial score (nSPS) is 19.8. The maximum absolute atomic E-state index is 11.9. The molecular weight excluding hydrogens is 256 g/mol. The van der Waals surface area contributed by atoms with Crippen LogP contribution in [0.2, 0.25) is 0 Å². The molecule has 0 unspecified atom stereocenters. The molecule has 0 aromatic heterocycles. The van der Waals surface area contributed by atoms with E-state index in [2.05, 4.69) is 4.72 Å². The molecule has 1 saturated heterocycles. The second-order valence-corrected chi connectivity index (χ2v) is 7.19. The average molecular weight is 278 g/mol. The molecule has 7 heteroatoms. The molecule has 0 saturated carbocycles. The van der Waals surface area contributed by atoms with Crippen LogP contribution in [0.25, 0.3) is 0 Å². The minimum absolute atomic E-state index is 0.510. The molecule has 6 nitrogen and oxygen atoms in total. The SMILES string of the molecule is C[C@@H](NS(=O)(=O)N1CCCC1)C(=O)OC(C)(C)C.